The molecule has 2 aromatic carbocycles. The van der Waals surface area contributed by atoms with Crippen LogP contribution in [0.4, 0.5) is 18.9 Å². The van der Waals surface area contributed by atoms with Crippen LogP contribution < -0.4 is 14.8 Å². The van der Waals surface area contributed by atoms with Crippen LogP contribution in [0.15, 0.2) is 48.5 Å². The van der Waals surface area contributed by atoms with Gasteiger partial charge in [-0.3, -0.25) is 14.6 Å². The van der Waals surface area contributed by atoms with Crippen LogP contribution in [0.25, 0.3) is 0 Å². The van der Waals surface area contributed by atoms with Crippen LogP contribution in [0.1, 0.15) is 6.92 Å². The van der Waals surface area contributed by atoms with Gasteiger partial charge in [0.25, 0.3) is 0 Å². The predicted octanol–water partition coefficient (Wildman–Crippen LogP) is 4.26. The Hall–Kier alpha value is -2.49. The van der Waals surface area contributed by atoms with Crippen molar-refractivity contribution in [1.82, 2.24) is 9.80 Å². The molecule has 3 rings (SSSR count). The van der Waals surface area contributed by atoms with Crippen molar-refractivity contribution in [3.8, 4) is 11.5 Å². The van der Waals surface area contributed by atoms with E-state index in [-0.39, 0.29) is 17.7 Å². The largest absolute Gasteiger partial charge is 0.573 e. The summed E-state index contributed by atoms with van der Waals surface area (Å²) in [4.78, 5) is 16.9. The highest BCUT2D eigenvalue weighted by Crippen LogP contribution is 2.24. The lowest BCUT2D eigenvalue weighted by Gasteiger charge is -2.37. The fraction of sp³-hybridized carbons (Fsp3) is 0.409. The van der Waals surface area contributed by atoms with Gasteiger partial charge in [0, 0.05) is 43.4 Å². The van der Waals surface area contributed by atoms with E-state index in [2.05, 4.69) is 19.9 Å². The standard InChI is InChI=1S/C22H25ClF3N3O3/c1-16(21(30)27-18-4-8-20(9-5-18)32-22(24,25)26)29-12-10-28(11-13-29)14-15-31-19-6-2-17(23)3-7-19/h2-9,16H,10-15H2,1H3,(H,27,30). The maximum atomic E-state index is 12.6. The fourth-order valence-electron chi connectivity index (χ4n) is 3.35. The summed E-state index contributed by atoms with van der Waals surface area (Å²) in [5.74, 6) is 0.227. The maximum absolute atomic E-state index is 12.6. The molecule has 1 N–H and O–H groups in total. The van der Waals surface area contributed by atoms with E-state index in [9.17, 15) is 18.0 Å². The highest BCUT2D eigenvalue weighted by molar-refractivity contribution is 6.30. The summed E-state index contributed by atoms with van der Waals surface area (Å²) in [6, 6.07) is 12.0. The van der Waals surface area contributed by atoms with E-state index in [1.807, 2.05) is 19.1 Å². The SMILES string of the molecule is CC(C(=O)Nc1ccc(OC(F)(F)F)cc1)N1CCN(CCOc2ccc(Cl)cc2)CC1. The Morgan fingerprint density at radius 1 is 1.03 bits per heavy atom. The molecule has 6 nitrogen and oxygen atoms in total. The summed E-state index contributed by atoms with van der Waals surface area (Å²) >= 11 is 5.86. The monoisotopic (exact) mass is 471 g/mol. The second-order valence-electron chi connectivity index (χ2n) is 7.42. The fourth-order valence-corrected chi connectivity index (χ4v) is 3.48. The van der Waals surface area contributed by atoms with Gasteiger partial charge >= 0.3 is 6.36 Å². The number of hydrogen-bond acceptors (Lipinski definition) is 5. The molecule has 1 aliphatic rings. The third-order valence-electron chi connectivity index (χ3n) is 5.18. The van der Waals surface area contributed by atoms with Crippen LogP contribution >= 0.6 is 11.6 Å². The van der Waals surface area contributed by atoms with Crippen LogP contribution in [-0.2, 0) is 4.79 Å². The van der Waals surface area contributed by atoms with Gasteiger partial charge in [0.05, 0.1) is 6.04 Å². The van der Waals surface area contributed by atoms with E-state index in [1.165, 1.54) is 24.3 Å². The number of rotatable bonds is 8. The molecule has 32 heavy (non-hydrogen) atoms. The van der Waals surface area contributed by atoms with Gasteiger partial charge in [0.1, 0.15) is 18.1 Å². The first-order valence-corrected chi connectivity index (χ1v) is 10.6. The molecule has 2 aromatic rings. The van der Waals surface area contributed by atoms with Crippen molar-refractivity contribution in [1.29, 1.82) is 0 Å². The van der Waals surface area contributed by atoms with Crippen molar-refractivity contribution in [2.45, 2.75) is 19.3 Å². The minimum absolute atomic E-state index is 0.214. The van der Waals surface area contributed by atoms with Crippen LogP contribution in [0.2, 0.25) is 5.02 Å². The maximum Gasteiger partial charge on any atom is 0.573 e. The molecule has 1 atom stereocenters. The van der Waals surface area contributed by atoms with Crippen molar-refractivity contribution in [2.75, 3.05) is 44.6 Å². The smallest absolute Gasteiger partial charge is 0.492 e. The van der Waals surface area contributed by atoms with Crippen molar-refractivity contribution in [2.24, 2.45) is 0 Å². The summed E-state index contributed by atoms with van der Waals surface area (Å²) in [5.41, 5.74) is 0.411. The Labute approximate surface area is 189 Å². The van der Waals surface area contributed by atoms with Gasteiger partial charge in [0.15, 0.2) is 0 Å². The molecule has 0 radical (unpaired) electrons. The first kappa shape index (κ1) is 24.2. The molecule has 1 amide bonds. The molecular weight excluding hydrogens is 447 g/mol. The number of halogens is 4. The van der Waals surface area contributed by atoms with Crippen LogP contribution in [0.5, 0.6) is 11.5 Å². The molecule has 1 heterocycles. The number of anilines is 1. The average Bonchev–Trinajstić information content (AvgIpc) is 2.75. The van der Waals surface area contributed by atoms with Crippen molar-refractivity contribution in [3.05, 3.63) is 53.6 Å². The van der Waals surface area contributed by atoms with Crippen molar-refractivity contribution >= 4 is 23.2 Å². The number of carbonyl (C=O) groups is 1. The molecule has 0 aromatic heterocycles. The minimum atomic E-state index is -4.75. The number of alkyl halides is 3. The van der Waals surface area contributed by atoms with E-state index >= 15 is 0 Å². The van der Waals surface area contributed by atoms with Crippen molar-refractivity contribution in [3.63, 3.8) is 0 Å². The normalized spacial score (nSPS) is 16.4. The van der Waals surface area contributed by atoms with E-state index in [0.717, 1.165) is 38.5 Å². The summed E-state index contributed by atoms with van der Waals surface area (Å²) in [7, 11) is 0. The average molecular weight is 472 g/mol. The molecule has 0 bridgehead atoms. The molecule has 1 aliphatic heterocycles. The molecule has 10 heteroatoms. The molecular formula is C22H25ClF3N3O3. The van der Waals surface area contributed by atoms with Gasteiger partial charge in [0.2, 0.25) is 5.91 Å². The highest BCUT2D eigenvalue weighted by Gasteiger charge is 2.31. The molecule has 0 aliphatic carbocycles. The van der Waals surface area contributed by atoms with Crippen molar-refractivity contribution < 1.29 is 27.4 Å². The number of nitrogens with zero attached hydrogens (tertiary/aromatic N) is 2. The number of nitrogens with one attached hydrogen (secondary N) is 1. The third-order valence-corrected chi connectivity index (χ3v) is 5.43. The first-order valence-electron chi connectivity index (χ1n) is 10.2. The lowest BCUT2D eigenvalue weighted by molar-refractivity contribution is -0.274. The molecule has 1 saturated heterocycles. The zero-order chi connectivity index (χ0) is 23.1. The number of hydrogen-bond donors (Lipinski definition) is 1. The van der Waals surface area contributed by atoms with E-state index in [4.69, 9.17) is 16.3 Å². The van der Waals surface area contributed by atoms with Gasteiger partial charge in [-0.05, 0) is 55.5 Å². The summed E-state index contributed by atoms with van der Waals surface area (Å²) in [5, 5.41) is 3.40. The van der Waals surface area contributed by atoms with Gasteiger partial charge in [-0.2, -0.15) is 0 Å². The first-order chi connectivity index (χ1) is 15.2. The van der Waals surface area contributed by atoms with Gasteiger partial charge < -0.3 is 14.8 Å². The molecule has 174 valence electrons. The Morgan fingerprint density at radius 2 is 1.62 bits per heavy atom. The summed E-state index contributed by atoms with van der Waals surface area (Å²) < 4.78 is 46.3. The number of ether oxygens (including phenoxy) is 2. The quantitative estimate of drug-likeness (QED) is 0.623. The molecule has 1 fully saturated rings. The van der Waals surface area contributed by atoms with Gasteiger partial charge in [-0.25, -0.2) is 0 Å². The Balaban J connectivity index is 1.39. The van der Waals surface area contributed by atoms with Gasteiger partial charge in [-0.1, -0.05) is 11.6 Å². The molecule has 1 unspecified atom stereocenters. The van der Waals surface area contributed by atoms with Crippen LogP contribution in [0, 0.1) is 0 Å². The van der Waals surface area contributed by atoms with E-state index in [0.29, 0.717) is 17.3 Å². The second kappa shape index (κ2) is 10.9. The van der Waals surface area contributed by atoms with E-state index < -0.39 is 6.36 Å². The van der Waals surface area contributed by atoms with E-state index in [1.54, 1.807) is 12.1 Å². The topological polar surface area (TPSA) is 54.0 Å². The Morgan fingerprint density at radius 3 is 2.22 bits per heavy atom. The number of piperazine rings is 1. The molecule has 0 saturated carbocycles. The minimum Gasteiger partial charge on any atom is -0.492 e. The van der Waals surface area contributed by atoms with Gasteiger partial charge in [-0.15, -0.1) is 13.2 Å². The zero-order valence-electron chi connectivity index (χ0n) is 17.6. The van der Waals surface area contributed by atoms with Crippen LogP contribution in [0.3, 0.4) is 0 Å². The number of carbonyl (C=O) groups excluding carboxylic acids is 1. The summed E-state index contributed by atoms with van der Waals surface area (Å²) in [6.45, 7) is 6.24. The Bertz CT molecular complexity index is 871. The third kappa shape index (κ3) is 7.58. The highest BCUT2D eigenvalue weighted by atomic mass is 35.5. The lowest BCUT2D eigenvalue weighted by atomic mass is 10.2. The predicted molar refractivity (Wildman–Crippen MR) is 116 cm³/mol. The van der Waals surface area contributed by atoms with Crippen LogP contribution in [-0.4, -0.2) is 67.4 Å². The lowest BCUT2D eigenvalue weighted by Crippen LogP contribution is -2.53. The number of benzene rings is 2. The second-order valence-corrected chi connectivity index (χ2v) is 7.85. The zero-order valence-corrected chi connectivity index (χ0v) is 18.3. The number of amides is 1. The molecule has 0 spiro atoms. The summed E-state index contributed by atoms with van der Waals surface area (Å²) in [6.07, 6.45) is -4.75. The Kier molecular flexibility index (Phi) is 8.22.